The van der Waals surface area contributed by atoms with E-state index < -0.39 is 11.6 Å². The molecule has 1 rings (SSSR count). The van der Waals surface area contributed by atoms with Crippen LogP contribution in [0.15, 0.2) is 28.7 Å². The molecular weight excluding hydrogens is 324 g/mol. The van der Waals surface area contributed by atoms with Gasteiger partial charge in [-0.1, -0.05) is 28.1 Å². The van der Waals surface area contributed by atoms with Crippen LogP contribution in [0.2, 0.25) is 0 Å². The Balaban J connectivity index is 2.68. The van der Waals surface area contributed by atoms with Crippen LogP contribution in [0, 0.1) is 0 Å². The third-order valence-corrected chi connectivity index (χ3v) is 4.14. The summed E-state index contributed by atoms with van der Waals surface area (Å²) >= 11 is 5.10. The zero-order valence-electron chi connectivity index (χ0n) is 11.6. The molecule has 0 radical (unpaired) electrons. The second-order valence-corrected chi connectivity index (χ2v) is 6.91. The van der Waals surface area contributed by atoms with Gasteiger partial charge in [-0.05, 0) is 50.0 Å². The molecule has 0 aliphatic carbocycles. The number of amides is 1. The van der Waals surface area contributed by atoms with E-state index in [1.54, 1.807) is 11.8 Å². The molecule has 0 unspecified atom stereocenters. The Morgan fingerprint density at radius 2 is 2.00 bits per heavy atom. The lowest BCUT2D eigenvalue weighted by Crippen LogP contribution is -2.49. The Bertz CT molecular complexity index is 420. The van der Waals surface area contributed by atoms with Gasteiger partial charge in [-0.15, -0.1) is 0 Å². The van der Waals surface area contributed by atoms with Crippen molar-refractivity contribution in [3.05, 3.63) is 34.3 Å². The predicted molar refractivity (Wildman–Crippen MR) is 86.3 cm³/mol. The average Bonchev–Trinajstić information content (AvgIpc) is 2.35. The quantitative estimate of drug-likeness (QED) is 0.834. The van der Waals surface area contributed by atoms with Crippen molar-refractivity contribution in [2.75, 3.05) is 12.0 Å². The van der Waals surface area contributed by atoms with E-state index in [0.29, 0.717) is 6.42 Å². The monoisotopic (exact) mass is 344 g/mol. The third kappa shape index (κ3) is 5.16. The smallest absolute Gasteiger partial charge is 0.237 e. The van der Waals surface area contributed by atoms with E-state index in [1.807, 2.05) is 44.4 Å². The van der Waals surface area contributed by atoms with Crippen LogP contribution >= 0.6 is 27.7 Å². The highest BCUT2D eigenvalue weighted by Crippen LogP contribution is 2.22. The van der Waals surface area contributed by atoms with Crippen molar-refractivity contribution in [1.82, 2.24) is 5.32 Å². The first-order valence-corrected chi connectivity index (χ1v) is 8.38. The Kier molecular flexibility index (Phi) is 6.36. The van der Waals surface area contributed by atoms with Crippen LogP contribution in [-0.2, 0) is 10.3 Å². The lowest BCUT2D eigenvalue weighted by molar-refractivity contribution is -0.124. The van der Waals surface area contributed by atoms with E-state index in [9.17, 15) is 4.79 Å². The zero-order valence-corrected chi connectivity index (χ0v) is 14.0. The second kappa shape index (κ2) is 7.31. The van der Waals surface area contributed by atoms with Crippen molar-refractivity contribution >= 4 is 33.6 Å². The zero-order chi connectivity index (χ0) is 14.5. The maximum atomic E-state index is 12.1. The van der Waals surface area contributed by atoms with Crippen molar-refractivity contribution in [3.63, 3.8) is 0 Å². The van der Waals surface area contributed by atoms with Crippen molar-refractivity contribution < 1.29 is 4.79 Å². The van der Waals surface area contributed by atoms with Gasteiger partial charge in [0.2, 0.25) is 5.91 Å². The third-order valence-electron chi connectivity index (χ3n) is 2.97. The number of rotatable bonds is 6. The molecule has 0 aliphatic rings. The first kappa shape index (κ1) is 16.5. The highest BCUT2D eigenvalue weighted by atomic mass is 79.9. The van der Waals surface area contributed by atoms with Gasteiger partial charge < -0.3 is 11.1 Å². The van der Waals surface area contributed by atoms with E-state index in [0.717, 1.165) is 15.8 Å². The van der Waals surface area contributed by atoms with Gasteiger partial charge in [0.15, 0.2) is 0 Å². The summed E-state index contributed by atoms with van der Waals surface area (Å²) in [6.45, 7) is 3.96. The first-order valence-electron chi connectivity index (χ1n) is 6.19. The van der Waals surface area contributed by atoms with Gasteiger partial charge in [-0.25, -0.2) is 0 Å². The number of benzene rings is 1. The molecule has 0 saturated carbocycles. The summed E-state index contributed by atoms with van der Waals surface area (Å²) in [5, 5.41) is 3.01. The molecule has 1 atom stereocenters. The molecule has 5 heteroatoms. The lowest BCUT2D eigenvalue weighted by atomic mass is 9.94. The number of thioether (sulfide) groups is 1. The van der Waals surface area contributed by atoms with Crippen molar-refractivity contribution in [3.8, 4) is 0 Å². The number of nitrogens with one attached hydrogen (secondary N) is 1. The van der Waals surface area contributed by atoms with E-state index in [2.05, 4.69) is 21.2 Å². The molecule has 0 bridgehead atoms. The normalized spacial score (nSPS) is 13.1. The van der Waals surface area contributed by atoms with E-state index in [-0.39, 0.29) is 5.91 Å². The van der Waals surface area contributed by atoms with Gasteiger partial charge in [0.1, 0.15) is 0 Å². The van der Waals surface area contributed by atoms with Gasteiger partial charge in [-0.3, -0.25) is 4.79 Å². The van der Waals surface area contributed by atoms with Crippen molar-refractivity contribution in [2.24, 2.45) is 5.73 Å². The van der Waals surface area contributed by atoms with Gasteiger partial charge in [0, 0.05) is 4.47 Å². The molecular formula is C14H21BrN2OS. The molecule has 1 aromatic rings. The predicted octanol–water partition coefficient (Wildman–Crippen LogP) is 2.88. The van der Waals surface area contributed by atoms with Crippen LogP contribution in [0.4, 0.5) is 0 Å². The standard InChI is InChI=1S/C14H21BrN2OS/c1-14(2,10-4-6-11(15)7-5-10)17-13(18)12(16)8-9-19-3/h4-7,12H,8-9,16H2,1-3H3,(H,17,18)/t12-/m0/s1. The number of halogens is 1. The van der Waals surface area contributed by atoms with Crippen LogP contribution in [0.5, 0.6) is 0 Å². The summed E-state index contributed by atoms with van der Waals surface area (Å²) in [6.07, 6.45) is 2.71. The van der Waals surface area contributed by atoms with E-state index in [4.69, 9.17) is 5.73 Å². The molecule has 0 fully saturated rings. The summed E-state index contributed by atoms with van der Waals surface area (Å²) < 4.78 is 1.02. The maximum absolute atomic E-state index is 12.1. The van der Waals surface area contributed by atoms with Crippen molar-refractivity contribution in [1.29, 1.82) is 0 Å². The molecule has 0 aromatic heterocycles. The molecule has 19 heavy (non-hydrogen) atoms. The minimum Gasteiger partial charge on any atom is -0.346 e. The largest absolute Gasteiger partial charge is 0.346 e. The van der Waals surface area contributed by atoms with E-state index in [1.165, 1.54) is 0 Å². The Morgan fingerprint density at radius 1 is 1.42 bits per heavy atom. The van der Waals surface area contributed by atoms with Crippen LogP contribution in [0.1, 0.15) is 25.8 Å². The van der Waals surface area contributed by atoms with E-state index >= 15 is 0 Å². The van der Waals surface area contributed by atoms with Gasteiger partial charge >= 0.3 is 0 Å². The fraction of sp³-hybridized carbons (Fsp3) is 0.500. The molecule has 1 amide bonds. The summed E-state index contributed by atoms with van der Waals surface area (Å²) in [6, 6.07) is 7.49. The summed E-state index contributed by atoms with van der Waals surface area (Å²) in [5.74, 6) is 0.801. The molecule has 3 nitrogen and oxygen atoms in total. The minimum atomic E-state index is -0.442. The Morgan fingerprint density at radius 3 is 2.53 bits per heavy atom. The molecule has 0 spiro atoms. The SMILES string of the molecule is CSCC[C@H](N)C(=O)NC(C)(C)c1ccc(Br)cc1. The number of nitrogens with two attached hydrogens (primary N) is 1. The molecule has 1 aromatic carbocycles. The summed E-state index contributed by atoms with van der Waals surface area (Å²) in [4.78, 5) is 12.1. The minimum absolute atomic E-state index is 0.0954. The van der Waals surface area contributed by atoms with Crippen LogP contribution in [-0.4, -0.2) is 24.0 Å². The number of carbonyl (C=O) groups excluding carboxylic acids is 1. The number of hydrogen-bond donors (Lipinski definition) is 2. The average molecular weight is 345 g/mol. The molecule has 3 N–H and O–H groups in total. The highest BCUT2D eigenvalue weighted by molar-refractivity contribution is 9.10. The molecule has 106 valence electrons. The van der Waals surface area contributed by atoms with Gasteiger partial charge in [0.05, 0.1) is 11.6 Å². The van der Waals surface area contributed by atoms with Crippen LogP contribution < -0.4 is 11.1 Å². The highest BCUT2D eigenvalue weighted by Gasteiger charge is 2.25. The molecule has 0 aliphatic heterocycles. The molecule has 0 saturated heterocycles. The van der Waals surface area contributed by atoms with Gasteiger partial charge in [-0.2, -0.15) is 11.8 Å². The number of hydrogen-bond acceptors (Lipinski definition) is 3. The summed E-state index contributed by atoms with van der Waals surface area (Å²) in [7, 11) is 0. The van der Waals surface area contributed by atoms with Gasteiger partial charge in [0.25, 0.3) is 0 Å². The first-order chi connectivity index (χ1) is 8.86. The van der Waals surface area contributed by atoms with Crippen molar-refractivity contribution in [2.45, 2.75) is 31.8 Å². The second-order valence-electron chi connectivity index (χ2n) is 5.01. The Labute approximate surface area is 127 Å². The lowest BCUT2D eigenvalue weighted by Gasteiger charge is -2.28. The molecule has 0 heterocycles. The fourth-order valence-corrected chi connectivity index (χ4v) is 2.47. The number of carbonyl (C=O) groups is 1. The van der Waals surface area contributed by atoms with Crippen LogP contribution in [0.3, 0.4) is 0 Å². The fourth-order valence-electron chi connectivity index (χ4n) is 1.72. The maximum Gasteiger partial charge on any atom is 0.237 e. The van der Waals surface area contributed by atoms with Crippen LogP contribution in [0.25, 0.3) is 0 Å². The summed E-state index contributed by atoms with van der Waals surface area (Å²) in [5.41, 5.74) is 6.51. The topological polar surface area (TPSA) is 55.1 Å². The Hall–Kier alpha value is -0.520.